The van der Waals surface area contributed by atoms with Gasteiger partial charge in [0.25, 0.3) is 5.91 Å². The van der Waals surface area contributed by atoms with Gasteiger partial charge >= 0.3 is 0 Å². The van der Waals surface area contributed by atoms with Gasteiger partial charge in [0, 0.05) is 30.3 Å². The fourth-order valence-corrected chi connectivity index (χ4v) is 4.06. The zero-order valence-electron chi connectivity index (χ0n) is 23.2. The van der Waals surface area contributed by atoms with Gasteiger partial charge in [-0.1, -0.05) is 32.4 Å². The molecule has 0 bridgehead atoms. The highest BCUT2D eigenvalue weighted by atomic mass is 19.1. The topological polar surface area (TPSA) is 166 Å². The number of rotatable bonds is 10. The lowest BCUT2D eigenvalue weighted by Crippen LogP contribution is -2.51. The minimum absolute atomic E-state index is 0.00635. The van der Waals surface area contributed by atoms with Crippen molar-refractivity contribution in [1.82, 2.24) is 31.2 Å². The number of benzene rings is 1. The van der Waals surface area contributed by atoms with Crippen LogP contribution in [0.25, 0.3) is 0 Å². The Morgan fingerprint density at radius 1 is 1.18 bits per heavy atom. The Kier molecular flexibility index (Phi) is 12.1. The van der Waals surface area contributed by atoms with Crippen molar-refractivity contribution in [2.75, 3.05) is 6.54 Å². The Morgan fingerprint density at radius 3 is 2.40 bits per heavy atom. The number of hydrogen-bond donors (Lipinski definition) is 4. The van der Waals surface area contributed by atoms with Crippen LogP contribution in [0.5, 0.6) is 0 Å². The summed E-state index contributed by atoms with van der Waals surface area (Å²) in [4.78, 5) is 57.8. The molecule has 40 heavy (non-hydrogen) atoms. The van der Waals surface area contributed by atoms with E-state index >= 15 is 0 Å². The molecular weight excluding hydrogens is 517 g/mol. The summed E-state index contributed by atoms with van der Waals surface area (Å²) in [5.41, 5.74) is 0.190. The van der Waals surface area contributed by atoms with Crippen LogP contribution in [-0.2, 0) is 20.8 Å². The maximum Gasteiger partial charge on any atom is 0.272 e. The van der Waals surface area contributed by atoms with Gasteiger partial charge in [-0.25, -0.2) is 9.37 Å². The second kappa shape index (κ2) is 15.3. The summed E-state index contributed by atoms with van der Waals surface area (Å²) in [5.74, 6) is -2.97. The number of hydrogen-bond acceptors (Lipinski definition) is 7. The summed E-state index contributed by atoms with van der Waals surface area (Å²) in [7, 11) is 0. The monoisotopic (exact) mass is 553 g/mol. The molecule has 1 saturated heterocycles. The summed E-state index contributed by atoms with van der Waals surface area (Å²) in [6.07, 6.45) is 5.92. The van der Waals surface area contributed by atoms with E-state index < -0.39 is 48.1 Å². The zero-order valence-corrected chi connectivity index (χ0v) is 23.2. The van der Waals surface area contributed by atoms with Gasteiger partial charge in [0.1, 0.15) is 23.6 Å². The third-order valence-corrected chi connectivity index (χ3v) is 5.79. The lowest BCUT2D eigenvalue weighted by molar-refractivity contribution is -0.127. The Hall–Kier alpha value is -4.40. The van der Waals surface area contributed by atoms with Crippen molar-refractivity contribution < 1.29 is 23.6 Å². The van der Waals surface area contributed by atoms with Gasteiger partial charge < -0.3 is 21.3 Å². The van der Waals surface area contributed by atoms with Gasteiger partial charge in [-0.15, -0.1) is 0 Å². The normalized spacial score (nSPS) is 16.7. The van der Waals surface area contributed by atoms with Crippen LogP contribution >= 0.6 is 0 Å². The lowest BCUT2D eigenvalue weighted by atomic mass is 9.92. The molecule has 11 nitrogen and oxygen atoms in total. The van der Waals surface area contributed by atoms with Crippen LogP contribution in [0.15, 0.2) is 42.9 Å². The largest absolute Gasteiger partial charge is 0.351 e. The average Bonchev–Trinajstić information content (AvgIpc) is 3.18. The maximum atomic E-state index is 13.3. The minimum atomic E-state index is -1.11. The molecule has 1 fully saturated rings. The molecule has 2 heterocycles. The molecule has 3 unspecified atom stereocenters. The van der Waals surface area contributed by atoms with Crippen molar-refractivity contribution in [2.45, 2.75) is 71.0 Å². The smallest absolute Gasteiger partial charge is 0.272 e. The first-order chi connectivity index (χ1) is 19.0. The van der Waals surface area contributed by atoms with Crippen LogP contribution in [0.1, 0.15) is 63.0 Å². The molecule has 1 aliphatic heterocycles. The molecule has 1 aromatic carbocycles. The van der Waals surface area contributed by atoms with Crippen molar-refractivity contribution in [1.29, 1.82) is 5.26 Å². The first-order valence-electron chi connectivity index (χ1n) is 13.1. The van der Waals surface area contributed by atoms with Crippen LogP contribution in [0.4, 0.5) is 4.39 Å². The van der Waals surface area contributed by atoms with E-state index in [9.17, 15) is 28.8 Å². The van der Waals surface area contributed by atoms with E-state index in [1.165, 1.54) is 49.3 Å². The van der Waals surface area contributed by atoms with Crippen LogP contribution in [-0.4, -0.2) is 57.8 Å². The van der Waals surface area contributed by atoms with E-state index in [0.717, 1.165) is 0 Å². The minimum Gasteiger partial charge on any atom is -0.351 e. The van der Waals surface area contributed by atoms with E-state index in [2.05, 4.69) is 45.1 Å². The molecule has 1 aliphatic rings. The van der Waals surface area contributed by atoms with Gasteiger partial charge in [0.2, 0.25) is 17.7 Å². The molecule has 0 radical (unpaired) electrons. The summed E-state index contributed by atoms with van der Waals surface area (Å²) in [6, 6.07) is 5.38. The van der Waals surface area contributed by atoms with E-state index in [0.29, 0.717) is 12.0 Å². The van der Waals surface area contributed by atoms with Gasteiger partial charge in [0.15, 0.2) is 0 Å². The van der Waals surface area contributed by atoms with Crippen molar-refractivity contribution in [3.05, 3.63) is 59.9 Å². The van der Waals surface area contributed by atoms with Gasteiger partial charge in [-0.05, 0) is 44.4 Å². The number of nitrogens with zero attached hydrogens (tertiary/aromatic N) is 3. The third kappa shape index (κ3) is 10.4. The molecule has 1 aromatic heterocycles. The Morgan fingerprint density at radius 2 is 1.85 bits per heavy atom. The highest BCUT2D eigenvalue weighted by Crippen LogP contribution is 2.27. The first-order valence-corrected chi connectivity index (χ1v) is 13.1. The average molecular weight is 554 g/mol. The molecule has 12 heteroatoms. The van der Waals surface area contributed by atoms with E-state index in [-0.39, 0.29) is 30.0 Å². The molecular formula is C28H36FN7O4. The van der Waals surface area contributed by atoms with E-state index in [4.69, 9.17) is 0 Å². The second-order valence-corrected chi connectivity index (χ2v) is 10.1. The van der Waals surface area contributed by atoms with Crippen LogP contribution in [0, 0.1) is 23.1 Å². The summed E-state index contributed by atoms with van der Waals surface area (Å²) >= 11 is 0. The highest BCUT2D eigenvalue weighted by Gasteiger charge is 2.38. The number of amides is 4. The molecule has 3 atom stereocenters. The molecule has 4 amide bonds. The number of nitriles is 1. The molecule has 0 saturated carbocycles. The molecule has 4 N–H and O–H groups in total. The van der Waals surface area contributed by atoms with Crippen molar-refractivity contribution >= 4 is 23.6 Å². The standard InChI is InChI=1S/C25H28FN7O4.C3H8/c1-25(2)11-16(22(35)33-25)10-18(12-27)31-21(34)14-30-23(36)19(9-15-3-5-17(26)6-4-15)32-24(37)20-13-28-7-8-29-20;1-3-2/h3-8,13,16,18-19H,9-11,14H2,1-2H3,(H,30,36)(H,31,34)(H,32,37)(H,33,35);3H2,1-2H3. The van der Waals surface area contributed by atoms with E-state index in [1.807, 2.05) is 19.9 Å². The fraction of sp³-hybridized carbons (Fsp3) is 0.464. The quantitative estimate of drug-likeness (QED) is 0.348. The number of carbonyl (C=O) groups is 4. The van der Waals surface area contributed by atoms with Gasteiger partial charge in [-0.2, -0.15) is 5.26 Å². The summed E-state index contributed by atoms with van der Waals surface area (Å²) in [6.45, 7) is 7.55. The molecule has 0 spiro atoms. The second-order valence-electron chi connectivity index (χ2n) is 10.1. The molecule has 0 aliphatic carbocycles. The Labute approximate surface area is 233 Å². The Bertz CT molecular complexity index is 1200. The van der Waals surface area contributed by atoms with Crippen LogP contribution in [0.3, 0.4) is 0 Å². The summed E-state index contributed by atoms with van der Waals surface area (Å²) in [5, 5.41) is 19.8. The molecule has 214 valence electrons. The predicted octanol–water partition coefficient (Wildman–Crippen LogP) is 1.80. The number of halogens is 1. The van der Waals surface area contributed by atoms with Crippen LogP contribution < -0.4 is 21.3 Å². The maximum absolute atomic E-state index is 13.3. The van der Waals surface area contributed by atoms with Crippen molar-refractivity contribution in [3.8, 4) is 6.07 Å². The number of carbonyl (C=O) groups excluding carboxylic acids is 4. The lowest BCUT2D eigenvalue weighted by Gasteiger charge is -2.19. The van der Waals surface area contributed by atoms with Crippen molar-refractivity contribution in [3.63, 3.8) is 0 Å². The van der Waals surface area contributed by atoms with Crippen molar-refractivity contribution in [2.24, 2.45) is 5.92 Å². The van der Waals surface area contributed by atoms with Gasteiger partial charge in [0.05, 0.1) is 18.8 Å². The fourth-order valence-electron chi connectivity index (χ4n) is 4.06. The zero-order chi connectivity index (χ0) is 29.7. The SMILES string of the molecule is CC1(C)CC(CC(C#N)NC(=O)CNC(=O)C(Cc2ccc(F)cc2)NC(=O)c2cnccn2)C(=O)N1.CCC. The summed E-state index contributed by atoms with van der Waals surface area (Å²) < 4.78 is 13.3. The molecule has 2 aromatic rings. The first kappa shape index (κ1) is 31.8. The van der Waals surface area contributed by atoms with E-state index in [1.54, 1.807) is 0 Å². The van der Waals surface area contributed by atoms with Crippen LogP contribution in [0.2, 0.25) is 0 Å². The van der Waals surface area contributed by atoms with Gasteiger partial charge in [-0.3, -0.25) is 24.2 Å². The number of aromatic nitrogens is 2. The third-order valence-electron chi connectivity index (χ3n) is 5.79. The Balaban J connectivity index is 0.00000178. The highest BCUT2D eigenvalue weighted by molar-refractivity contribution is 5.96. The molecule has 3 rings (SSSR count). The predicted molar refractivity (Wildman–Crippen MR) is 145 cm³/mol. The number of nitrogens with one attached hydrogen (secondary N) is 4.